The second-order valence-electron chi connectivity index (χ2n) is 3.86. The second kappa shape index (κ2) is 4.65. The van der Waals surface area contributed by atoms with E-state index in [0.29, 0.717) is 11.7 Å². The number of rotatable bonds is 3. The normalized spacial score (nSPS) is 13.3. The Kier molecular flexibility index (Phi) is 3.41. The lowest BCUT2D eigenvalue weighted by Crippen LogP contribution is -2.16. The Hall–Kier alpha value is -0.720. The number of nitrogens with zero attached hydrogens (tertiary/aromatic N) is 2. The van der Waals surface area contributed by atoms with Crippen molar-refractivity contribution in [3.63, 3.8) is 0 Å². The van der Waals surface area contributed by atoms with Gasteiger partial charge in [0, 0.05) is 9.85 Å². The van der Waals surface area contributed by atoms with Crippen molar-refractivity contribution < 1.29 is 4.52 Å². The summed E-state index contributed by atoms with van der Waals surface area (Å²) in [6.45, 7) is 4.05. The minimum atomic E-state index is -0.204. The van der Waals surface area contributed by atoms with Crippen LogP contribution >= 0.6 is 27.3 Å². The molecular formula is C10H12BrN3OS. The van der Waals surface area contributed by atoms with Gasteiger partial charge in [-0.1, -0.05) is 19.0 Å². The largest absolute Gasteiger partial charge is 0.337 e. The molecule has 0 aromatic carbocycles. The van der Waals surface area contributed by atoms with E-state index in [0.717, 1.165) is 9.35 Å². The lowest BCUT2D eigenvalue weighted by atomic mass is 10.1. The molecule has 2 aromatic rings. The van der Waals surface area contributed by atoms with Gasteiger partial charge < -0.3 is 10.3 Å². The molecule has 0 saturated carbocycles. The highest BCUT2D eigenvalue weighted by Crippen LogP contribution is 2.28. The van der Waals surface area contributed by atoms with Crippen molar-refractivity contribution in [2.45, 2.75) is 19.9 Å². The minimum Gasteiger partial charge on any atom is -0.337 e. The van der Waals surface area contributed by atoms with Crippen LogP contribution in [0.2, 0.25) is 0 Å². The van der Waals surface area contributed by atoms with Crippen molar-refractivity contribution in [2.24, 2.45) is 11.7 Å². The molecule has 0 radical (unpaired) electrons. The van der Waals surface area contributed by atoms with Gasteiger partial charge in [0.2, 0.25) is 11.7 Å². The fraction of sp³-hybridized carbons (Fsp3) is 0.400. The van der Waals surface area contributed by atoms with Crippen LogP contribution in [0.1, 0.15) is 25.8 Å². The molecule has 0 aliphatic heterocycles. The van der Waals surface area contributed by atoms with Crippen molar-refractivity contribution in [2.75, 3.05) is 0 Å². The molecule has 0 aliphatic rings. The third kappa shape index (κ3) is 2.34. The quantitative estimate of drug-likeness (QED) is 0.945. The molecule has 4 nitrogen and oxygen atoms in total. The number of aromatic nitrogens is 2. The van der Waals surface area contributed by atoms with Gasteiger partial charge in [0.05, 0.1) is 10.9 Å². The molecule has 16 heavy (non-hydrogen) atoms. The minimum absolute atomic E-state index is 0.204. The summed E-state index contributed by atoms with van der Waals surface area (Å²) >= 11 is 4.95. The number of hydrogen-bond acceptors (Lipinski definition) is 5. The Labute approximate surface area is 106 Å². The van der Waals surface area contributed by atoms with Crippen LogP contribution < -0.4 is 5.73 Å². The fourth-order valence-corrected chi connectivity index (χ4v) is 2.54. The fourth-order valence-electron chi connectivity index (χ4n) is 1.19. The average molecular weight is 302 g/mol. The van der Waals surface area contributed by atoms with Crippen LogP contribution in [-0.4, -0.2) is 10.1 Å². The summed E-state index contributed by atoms with van der Waals surface area (Å²) in [5, 5.41) is 5.91. The summed E-state index contributed by atoms with van der Waals surface area (Å²) in [5.41, 5.74) is 5.93. The van der Waals surface area contributed by atoms with E-state index in [1.807, 2.05) is 25.3 Å². The van der Waals surface area contributed by atoms with Crippen LogP contribution in [0, 0.1) is 5.92 Å². The van der Waals surface area contributed by atoms with Crippen LogP contribution in [0.5, 0.6) is 0 Å². The maximum atomic E-state index is 5.93. The Balaban J connectivity index is 2.26. The van der Waals surface area contributed by atoms with Gasteiger partial charge in [-0.3, -0.25) is 0 Å². The SMILES string of the molecule is CC(C)[C@H](N)c1nc(-c2cc(Br)cs2)no1. The molecule has 86 valence electrons. The zero-order chi connectivity index (χ0) is 11.7. The van der Waals surface area contributed by atoms with Crippen molar-refractivity contribution in [1.82, 2.24) is 10.1 Å². The lowest BCUT2D eigenvalue weighted by molar-refractivity contribution is 0.325. The zero-order valence-electron chi connectivity index (χ0n) is 8.98. The molecule has 0 fully saturated rings. The first-order chi connectivity index (χ1) is 7.58. The van der Waals surface area contributed by atoms with Crippen LogP contribution in [0.3, 0.4) is 0 Å². The molecule has 0 aliphatic carbocycles. The van der Waals surface area contributed by atoms with E-state index in [1.165, 1.54) is 0 Å². The molecule has 0 bridgehead atoms. The predicted octanol–water partition coefficient (Wildman–Crippen LogP) is 3.22. The number of thiophene rings is 1. The van der Waals surface area contributed by atoms with E-state index >= 15 is 0 Å². The summed E-state index contributed by atoms with van der Waals surface area (Å²) in [6, 6.07) is 1.75. The maximum absolute atomic E-state index is 5.93. The summed E-state index contributed by atoms with van der Waals surface area (Å²) in [7, 11) is 0. The Morgan fingerprint density at radius 3 is 2.81 bits per heavy atom. The van der Waals surface area contributed by atoms with Crippen molar-refractivity contribution in [1.29, 1.82) is 0 Å². The van der Waals surface area contributed by atoms with Gasteiger partial charge in [0.15, 0.2) is 0 Å². The Morgan fingerprint density at radius 1 is 1.50 bits per heavy atom. The highest BCUT2D eigenvalue weighted by molar-refractivity contribution is 9.10. The number of hydrogen-bond donors (Lipinski definition) is 1. The van der Waals surface area contributed by atoms with Gasteiger partial charge in [-0.2, -0.15) is 4.98 Å². The molecule has 0 amide bonds. The standard InChI is InChI=1S/C10H12BrN3OS/c1-5(2)8(12)10-13-9(14-15-10)7-3-6(11)4-16-7/h3-5,8H,12H2,1-2H3/t8-/m0/s1. The molecule has 2 rings (SSSR count). The van der Waals surface area contributed by atoms with Crippen molar-refractivity contribution >= 4 is 27.3 Å². The Bertz CT molecular complexity index is 480. The number of halogens is 1. The monoisotopic (exact) mass is 301 g/mol. The third-order valence-electron chi connectivity index (χ3n) is 2.23. The summed E-state index contributed by atoms with van der Waals surface area (Å²) in [6.07, 6.45) is 0. The molecular weight excluding hydrogens is 290 g/mol. The first kappa shape index (κ1) is 11.8. The molecule has 2 N–H and O–H groups in total. The molecule has 0 saturated heterocycles. The van der Waals surface area contributed by atoms with Gasteiger partial charge in [0.1, 0.15) is 0 Å². The van der Waals surface area contributed by atoms with Crippen LogP contribution in [-0.2, 0) is 0 Å². The summed E-state index contributed by atoms with van der Waals surface area (Å²) in [4.78, 5) is 5.27. The molecule has 0 unspecified atom stereocenters. The maximum Gasteiger partial charge on any atom is 0.244 e. The van der Waals surface area contributed by atoms with Crippen molar-refractivity contribution in [3.05, 3.63) is 21.8 Å². The molecule has 2 aromatic heterocycles. The first-order valence-corrected chi connectivity index (χ1v) is 6.59. The highest BCUT2D eigenvalue weighted by atomic mass is 79.9. The van der Waals surface area contributed by atoms with Crippen LogP contribution in [0.4, 0.5) is 0 Å². The third-order valence-corrected chi connectivity index (χ3v) is 3.92. The molecule has 6 heteroatoms. The summed E-state index contributed by atoms with van der Waals surface area (Å²) < 4.78 is 6.18. The predicted molar refractivity (Wildman–Crippen MR) is 67.1 cm³/mol. The topological polar surface area (TPSA) is 64.9 Å². The van der Waals surface area contributed by atoms with Gasteiger partial charge in [-0.25, -0.2) is 0 Å². The van der Waals surface area contributed by atoms with E-state index in [-0.39, 0.29) is 12.0 Å². The zero-order valence-corrected chi connectivity index (χ0v) is 11.4. The summed E-state index contributed by atoms with van der Waals surface area (Å²) in [5.74, 6) is 1.37. The molecule has 2 heterocycles. The first-order valence-electron chi connectivity index (χ1n) is 4.91. The van der Waals surface area contributed by atoms with Crippen LogP contribution in [0.25, 0.3) is 10.7 Å². The average Bonchev–Trinajstić information content (AvgIpc) is 2.84. The smallest absolute Gasteiger partial charge is 0.244 e. The molecule has 0 spiro atoms. The Morgan fingerprint density at radius 2 is 2.25 bits per heavy atom. The molecule has 1 atom stereocenters. The van der Waals surface area contributed by atoms with Gasteiger partial charge >= 0.3 is 0 Å². The van der Waals surface area contributed by atoms with Gasteiger partial charge in [-0.05, 0) is 27.9 Å². The van der Waals surface area contributed by atoms with Gasteiger partial charge in [-0.15, -0.1) is 11.3 Å². The lowest BCUT2D eigenvalue weighted by Gasteiger charge is -2.08. The highest BCUT2D eigenvalue weighted by Gasteiger charge is 2.19. The van der Waals surface area contributed by atoms with E-state index in [4.69, 9.17) is 10.3 Å². The van der Waals surface area contributed by atoms with Gasteiger partial charge in [0.25, 0.3) is 0 Å². The van der Waals surface area contributed by atoms with E-state index in [9.17, 15) is 0 Å². The van der Waals surface area contributed by atoms with Crippen molar-refractivity contribution in [3.8, 4) is 10.7 Å². The second-order valence-corrected chi connectivity index (χ2v) is 5.68. The van der Waals surface area contributed by atoms with E-state index in [2.05, 4.69) is 26.1 Å². The van der Waals surface area contributed by atoms with E-state index < -0.39 is 0 Å². The van der Waals surface area contributed by atoms with E-state index in [1.54, 1.807) is 11.3 Å². The number of nitrogens with two attached hydrogens (primary N) is 1. The van der Waals surface area contributed by atoms with Crippen LogP contribution in [0.15, 0.2) is 20.4 Å².